The van der Waals surface area contributed by atoms with Gasteiger partial charge in [-0.2, -0.15) is 10.2 Å². The van der Waals surface area contributed by atoms with E-state index in [1.165, 1.54) is 0 Å². The molecule has 0 saturated carbocycles. The first-order chi connectivity index (χ1) is 14.2. The highest BCUT2D eigenvalue weighted by atomic mass is 16.5. The SMILES string of the molecule is Cc1cc(-n2cccn2)ccc1NC(=O)Nc1cnn(CCN2CCOCC2)c1. The number of morpholine rings is 1. The molecule has 29 heavy (non-hydrogen) atoms. The Balaban J connectivity index is 1.30. The summed E-state index contributed by atoms with van der Waals surface area (Å²) in [5, 5.41) is 14.3. The van der Waals surface area contributed by atoms with Crippen LogP contribution in [0.15, 0.2) is 49.1 Å². The molecule has 0 spiro atoms. The highest BCUT2D eigenvalue weighted by Crippen LogP contribution is 2.19. The lowest BCUT2D eigenvalue weighted by molar-refractivity contribution is 0.0360. The van der Waals surface area contributed by atoms with Crippen LogP contribution in [-0.2, 0) is 11.3 Å². The summed E-state index contributed by atoms with van der Waals surface area (Å²) in [4.78, 5) is 14.7. The summed E-state index contributed by atoms with van der Waals surface area (Å²) < 4.78 is 8.98. The molecule has 0 unspecified atom stereocenters. The van der Waals surface area contributed by atoms with Crippen molar-refractivity contribution in [2.24, 2.45) is 0 Å². The monoisotopic (exact) mass is 395 g/mol. The molecule has 1 aromatic carbocycles. The van der Waals surface area contributed by atoms with Crippen LogP contribution in [0.4, 0.5) is 16.2 Å². The van der Waals surface area contributed by atoms with Gasteiger partial charge in [0, 0.05) is 43.9 Å². The van der Waals surface area contributed by atoms with E-state index in [0.717, 1.165) is 56.3 Å². The Morgan fingerprint density at radius 2 is 2.03 bits per heavy atom. The Morgan fingerprint density at radius 3 is 2.79 bits per heavy atom. The molecule has 1 fully saturated rings. The van der Waals surface area contributed by atoms with Crippen LogP contribution in [0, 0.1) is 6.92 Å². The number of carbonyl (C=O) groups excluding carboxylic acids is 1. The number of carbonyl (C=O) groups is 1. The van der Waals surface area contributed by atoms with Crippen LogP contribution < -0.4 is 10.6 Å². The van der Waals surface area contributed by atoms with Gasteiger partial charge in [-0.1, -0.05) is 0 Å². The van der Waals surface area contributed by atoms with Crippen molar-refractivity contribution in [3.8, 4) is 5.69 Å². The average Bonchev–Trinajstić information content (AvgIpc) is 3.41. The maximum absolute atomic E-state index is 12.4. The summed E-state index contributed by atoms with van der Waals surface area (Å²) in [5.74, 6) is 0. The number of nitrogens with one attached hydrogen (secondary N) is 2. The normalized spacial score (nSPS) is 14.7. The predicted octanol–water partition coefficient (Wildman–Crippen LogP) is 2.35. The molecule has 2 N–H and O–H groups in total. The number of hydrogen-bond donors (Lipinski definition) is 2. The Morgan fingerprint density at radius 1 is 1.17 bits per heavy atom. The third-order valence-corrected chi connectivity index (χ3v) is 4.87. The van der Waals surface area contributed by atoms with Crippen molar-refractivity contribution in [2.45, 2.75) is 13.5 Å². The zero-order chi connectivity index (χ0) is 20.1. The average molecular weight is 395 g/mol. The third kappa shape index (κ3) is 5.01. The molecule has 1 aliphatic rings. The number of nitrogens with zero attached hydrogens (tertiary/aromatic N) is 5. The van der Waals surface area contributed by atoms with Gasteiger partial charge in [0.05, 0.1) is 37.3 Å². The van der Waals surface area contributed by atoms with Crippen molar-refractivity contribution in [1.29, 1.82) is 0 Å². The minimum Gasteiger partial charge on any atom is -0.379 e. The molecule has 1 aliphatic heterocycles. The fourth-order valence-corrected chi connectivity index (χ4v) is 3.26. The second-order valence-electron chi connectivity index (χ2n) is 6.98. The zero-order valence-corrected chi connectivity index (χ0v) is 16.4. The molecular weight excluding hydrogens is 370 g/mol. The van der Waals surface area contributed by atoms with Gasteiger partial charge in [-0.05, 0) is 36.8 Å². The summed E-state index contributed by atoms with van der Waals surface area (Å²) in [7, 11) is 0. The van der Waals surface area contributed by atoms with Crippen molar-refractivity contribution in [1.82, 2.24) is 24.5 Å². The lowest BCUT2D eigenvalue weighted by Gasteiger charge is -2.26. The maximum atomic E-state index is 12.4. The van der Waals surface area contributed by atoms with Gasteiger partial charge in [-0.25, -0.2) is 9.48 Å². The lowest BCUT2D eigenvalue weighted by Crippen LogP contribution is -2.38. The van der Waals surface area contributed by atoms with Crippen LogP contribution >= 0.6 is 0 Å². The summed E-state index contributed by atoms with van der Waals surface area (Å²) >= 11 is 0. The van der Waals surface area contributed by atoms with Crippen LogP contribution in [0.2, 0.25) is 0 Å². The smallest absolute Gasteiger partial charge is 0.323 e. The second kappa shape index (κ2) is 8.89. The Bertz CT molecular complexity index is 946. The molecule has 0 bridgehead atoms. The molecule has 152 valence electrons. The van der Waals surface area contributed by atoms with E-state index in [1.807, 2.05) is 48.3 Å². The molecule has 3 heterocycles. The first kappa shape index (κ1) is 19.2. The van der Waals surface area contributed by atoms with E-state index in [4.69, 9.17) is 4.74 Å². The Hall–Kier alpha value is -3.17. The number of rotatable bonds is 6. The molecule has 3 aromatic rings. The number of urea groups is 1. The molecule has 0 atom stereocenters. The highest BCUT2D eigenvalue weighted by Gasteiger charge is 2.11. The Labute approximate surface area is 169 Å². The molecule has 2 amide bonds. The number of benzene rings is 1. The van der Waals surface area contributed by atoms with Crippen molar-refractivity contribution >= 4 is 17.4 Å². The van der Waals surface area contributed by atoms with E-state index in [2.05, 4.69) is 25.7 Å². The van der Waals surface area contributed by atoms with Crippen LogP contribution in [0.1, 0.15) is 5.56 Å². The standard InChI is InChI=1S/C20H25N7O2/c1-16-13-18(27-6-2-5-21-27)3-4-19(16)24-20(28)23-17-14-22-26(15-17)8-7-25-9-11-29-12-10-25/h2-6,13-15H,7-12H2,1H3,(H2,23,24,28). The molecule has 2 aromatic heterocycles. The summed E-state index contributed by atoms with van der Waals surface area (Å²) in [6.45, 7) is 7.12. The molecule has 0 aliphatic carbocycles. The topological polar surface area (TPSA) is 89.2 Å². The van der Waals surface area contributed by atoms with E-state index in [-0.39, 0.29) is 6.03 Å². The number of ether oxygens (including phenoxy) is 1. The molecule has 4 rings (SSSR count). The van der Waals surface area contributed by atoms with Crippen molar-refractivity contribution in [3.63, 3.8) is 0 Å². The van der Waals surface area contributed by atoms with Crippen LogP contribution in [0.25, 0.3) is 5.69 Å². The first-order valence-electron chi connectivity index (χ1n) is 9.68. The summed E-state index contributed by atoms with van der Waals surface area (Å²) in [6, 6.07) is 7.34. The van der Waals surface area contributed by atoms with E-state index in [1.54, 1.807) is 17.1 Å². The number of aromatic nitrogens is 4. The largest absolute Gasteiger partial charge is 0.379 e. The summed E-state index contributed by atoms with van der Waals surface area (Å²) in [5.41, 5.74) is 3.31. The molecule has 9 heteroatoms. The number of amides is 2. The molecular formula is C20H25N7O2. The molecule has 1 saturated heterocycles. The second-order valence-corrected chi connectivity index (χ2v) is 6.98. The van der Waals surface area contributed by atoms with Crippen molar-refractivity contribution in [2.75, 3.05) is 43.5 Å². The minimum absolute atomic E-state index is 0.298. The van der Waals surface area contributed by atoms with Crippen molar-refractivity contribution in [3.05, 3.63) is 54.6 Å². The Kier molecular flexibility index (Phi) is 5.87. The fourth-order valence-electron chi connectivity index (χ4n) is 3.26. The van der Waals surface area contributed by atoms with Gasteiger partial charge in [0.25, 0.3) is 0 Å². The van der Waals surface area contributed by atoms with Crippen LogP contribution in [-0.4, -0.2) is 63.3 Å². The predicted molar refractivity (Wildman–Crippen MR) is 110 cm³/mol. The van der Waals surface area contributed by atoms with Crippen LogP contribution in [0.5, 0.6) is 0 Å². The van der Waals surface area contributed by atoms with Gasteiger partial charge in [-0.3, -0.25) is 9.58 Å². The fraction of sp³-hybridized carbons (Fsp3) is 0.350. The van der Waals surface area contributed by atoms with Gasteiger partial charge in [0.2, 0.25) is 0 Å². The number of anilines is 2. The quantitative estimate of drug-likeness (QED) is 0.669. The number of hydrogen-bond acceptors (Lipinski definition) is 5. The number of aryl methyl sites for hydroxylation is 1. The van der Waals surface area contributed by atoms with Gasteiger partial charge >= 0.3 is 6.03 Å². The van der Waals surface area contributed by atoms with Gasteiger partial charge in [-0.15, -0.1) is 0 Å². The van der Waals surface area contributed by atoms with Gasteiger partial charge in [0.15, 0.2) is 0 Å². The molecule has 0 radical (unpaired) electrons. The maximum Gasteiger partial charge on any atom is 0.323 e. The van der Waals surface area contributed by atoms with Gasteiger partial charge in [0.1, 0.15) is 0 Å². The van der Waals surface area contributed by atoms with E-state index in [0.29, 0.717) is 5.69 Å². The highest BCUT2D eigenvalue weighted by molar-refractivity contribution is 6.00. The van der Waals surface area contributed by atoms with Crippen LogP contribution in [0.3, 0.4) is 0 Å². The van der Waals surface area contributed by atoms with Crippen molar-refractivity contribution < 1.29 is 9.53 Å². The lowest BCUT2D eigenvalue weighted by atomic mass is 10.2. The minimum atomic E-state index is -0.298. The van der Waals surface area contributed by atoms with Gasteiger partial charge < -0.3 is 15.4 Å². The zero-order valence-electron chi connectivity index (χ0n) is 16.4. The molecule has 9 nitrogen and oxygen atoms in total. The van der Waals surface area contributed by atoms with E-state index < -0.39 is 0 Å². The first-order valence-corrected chi connectivity index (χ1v) is 9.68. The van der Waals surface area contributed by atoms with E-state index in [9.17, 15) is 4.79 Å². The third-order valence-electron chi connectivity index (χ3n) is 4.87. The summed E-state index contributed by atoms with van der Waals surface area (Å²) in [6.07, 6.45) is 7.11. The van der Waals surface area contributed by atoms with E-state index >= 15 is 0 Å².